The molecule has 102 valence electrons. The zero-order chi connectivity index (χ0) is 13.9. The lowest BCUT2D eigenvalue weighted by atomic mass is 10.1. The number of anilines is 1. The van der Waals surface area contributed by atoms with E-state index in [9.17, 15) is 15.2 Å². The van der Waals surface area contributed by atoms with Crippen molar-refractivity contribution in [2.75, 3.05) is 11.9 Å². The summed E-state index contributed by atoms with van der Waals surface area (Å²) in [5, 5.41) is 21.2. The average Bonchev–Trinajstić information content (AvgIpc) is 2.75. The summed E-state index contributed by atoms with van der Waals surface area (Å²) >= 11 is 1.30. The number of aliphatic hydroxyl groups is 1. The molecule has 1 atom stereocenters. The van der Waals surface area contributed by atoms with Gasteiger partial charge in [-0.3, -0.25) is 10.1 Å². The maximum atomic E-state index is 11.1. The SMILES string of the molecule is CCC(CC)N(C)c1sc(C(C)O)cc1[N+](=O)[O-]. The van der Waals surface area contributed by atoms with Gasteiger partial charge in [-0.05, 0) is 19.8 Å². The first-order valence-electron chi connectivity index (χ1n) is 6.11. The first kappa shape index (κ1) is 14.9. The molecule has 0 fully saturated rings. The molecule has 1 N–H and O–H groups in total. The molecule has 0 aromatic carbocycles. The highest BCUT2D eigenvalue weighted by molar-refractivity contribution is 7.16. The second-order valence-electron chi connectivity index (χ2n) is 4.35. The van der Waals surface area contributed by atoms with Gasteiger partial charge in [0.05, 0.1) is 11.0 Å². The minimum absolute atomic E-state index is 0.0882. The summed E-state index contributed by atoms with van der Waals surface area (Å²) in [6.45, 7) is 5.76. The standard InChI is InChI=1S/C12H20N2O3S/c1-5-9(6-2)13(4)12-10(14(16)17)7-11(18-12)8(3)15/h7-9,15H,5-6H2,1-4H3. The Balaban J connectivity index is 3.16. The molecule has 0 saturated carbocycles. The van der Waals surface area contributed by atoms with E-state index < -0.39 is 6.10 Å². The first-order valence-corrected chi connectivity index (χ1v) is 6.92. The molecule has 1 aromatic heterocycles. The van der Waals surface area contributed by atoms with Gasteiger partial charge in [0.15, 0.2) is 5.00 Å². The van der Waals surface area contributed by atoms with Gasteiger partial charge in [-0.15, -0.1) is 11.3 Å². The van der Waals surface area contributed by atoms with E-state index in [1.807, 2.05) is 11.9 Å². The topological polar surface area (TPSA) is 66.6 Å². The van der Waals surface area contributed by atoms with Crippen LogP contribution in [0.1, 0.15) is 44.6 Å². The van der Waals surface area contributed by atoms with Gasteiger partial charge in [-0.25, -0.2) is 0 Å². The highest BCUT2D eigenvalue weighted by atomic mass is 32.1. The molecule has 0 spiro atoms. The lowest BCUT2D eigenvalue weighted by molar-refractivity contribution is -0.383. The third-order valence-electron chi connectivity index (χ3n) is 3.13. The molecule has 0 aliphatic heterocycles. The summed E-state index contributed by atoms with van der Waals surface area (Å²) in [4.78, 5) is 13.3. The molecule has 0 aliphatic rings. The molecule has 1 aromatic rings. The van der Waals surface area contributed by atoms with Crippen molar-refractivity contribution >= 4 is 22.0 Å². The van der Waals surface area contributed by atoms with Crippen molar-refractivity contribution in [1.29, 1.82) is 0 Å². The van der Waals surface area contributed by atoms with Crippen molar-refractivity contribution < 1.29 is 10.0 Å². The molecule has 0 amide bonds. The van der Waals surface area contributed by atoms with Gasteiger partial charge in [-0.1, -0.05) is 13.8 Å². The van der Waals surface area contributed by atoms with Gasteiger partial charge < -0.3 is 10.0 Å². The predicted molar refractivity (Wildman–Crippen MR) is 74.4 cm³/mol. The summed E-state index contributed by atoms with van der Waals surface area (Å²) in [6, 6.07) is 1.76. The Hall–Kier alpha value is -1.14. The summed E-state index contributed by atoms with van der Waals surface area (Å²) in [5.41, 5.74) is 0.0882. The molecule has 1 unspecified atom stereocenters. The average molecular weight is 272 g/mol. The second kappa shape index (κ2) is 6.15. The Labute approximate surface area is 111 Å². The molecule has 6 heteroatoms. The third kappa shape index (κ3) is 3.00. The van der Waals surface area contributed by atoms with Crippen LogP contribution in [0.25, 0.3) is 0 Å². The highest BCUT2D eigenvalue weighted by Crippen LogP contribution is 2.40. The van der Waals surface area contributed by atoms with Crippen molar-refractivity contribution in [3.8, 4) is 0 Å². The van der Waals surface area contributed by atoms with Crippen LogP contribution in [0.5, 0.6) is 0 Å². The van der Waals surface area contributed by atoms with Crippen LogP contribution in [0.3, 0.4) is 0 Å². The minimum Gasteiger partial charge on any atom is -0.388 e. The van der Waals surface area contributed by atoms with Crippen LogP contribution in [0, 0.1) is 10.1 Å². The molecule has 0 bridgehead atoms. The van der Waals surface area contributed by atoms with Crippen LogP contribution in [-0.2, 0) is 0 Å². The molecule has 0 aliphatic carbocycles. The Morgan fingerprint density at radius 1 is 1.50 bits per heavy atom. The quantitative estimate of drug-likeness (QED) is 0.637. The van der Waals surface area contributed by atoms with Crippen molar-refractivity contribution in [3.05, 3.63) is 21.1 Å². The maximum absolute atomic E-state index is 11.1. The van der Waals surface area contributed by atoms with Gasteiger partial charge in [0.25, 0.3) is 0 Å². The Bertz CT molecular complexity index is 413. The molecule has 0 saturated heterocycles. The van der Waals surface area contributed by atoms with Crippen LogP contribution >= 0.6 is 11.3 Å². The predicted octanol–water partition coefficient (Wildman–Crippen LogP) is 3.33. The van der Waals surface area contributed by atoms with Crippen LogP contribution in [0.15, 0.2) is 6.07 Å². The zero-order valence-electron chi connectivity index (χ0n) is 11.2. The first-order chi connectivity index (χ1) is 8.42. The van der Waals surface area contributed by atoms with E-state index in [1.54, 1.807) is 6.92 Å². The summed E-state index contributed by atoms with van der Waals surface area (Å²) in [5.74, 6) is 0. The van der Waals surface area contributed by atoms with E-state index in [4.69, 9.17) is 0 Å². The normalized spacial score (nSPS) is 12.8. The van der Waals surface area contributed by atoms with Crippen LogP contribution in [-0.4, -0.2) is 23.1 Å². The van der Waals surface area contributed by atoms with E-state index in [0.29, 0.717) is 9.88 Å². The highest BCUT2D eigenvalue weighted by Gasteiger charge is 2.26. The van der Waals surface area contributed by atoms with Crippen molar-refractivity contribution in [2.24, 2.45) is 0 Å². The number of rotatable bonds is 6. The Morgan fingerprint density at radius 2 is 2.06 bits per heavy atom. The van der Waals surface area contributed by atoms with E-state index in [0.717, 1.165) is 12.8 Å². The van der Waals surface area contributed by atoms with E-state index in [1.165, 1.54) is 17.4 Å². The van der Waals surface area contributed by atoms with E-state index in [-0.39, 0.29) is 16.7 Å². The van der Waals surface area contributed by atoms with Gasteiger partial charge in [0, 0.05) is 24.0 Å². The number of nitro groups is 1. The molecule has 1 rings (SSSR count). The lowest BCUT2D eigenvalue weighted by Gasteiger charge is -2.26. The fourth-order valence-electron chi connectivity index (χ4n) is 1.98. The fraction of sp³-hybridized carbons (Fsp3) is 0.667. The smallest absolute Gasteiger partial charge is 0.304 e. The number of hydrogen-bond acceptors (Lipinski definition) is 5. The molecule has 1 heterocycles. The minimum atomic E-state index is -0.669. The number of hydrogen-bond donors (Lipinski definition) is 1. The van der Waals surface area contributed by atoms with Crippen LogP contribution in [0.4, 0.5) is 10.7 Å². The number of nitrogens with zero attached hydrogens (tertiary/aromatic N) is 2. The van der Waals surface area contributed by atoms with E-state index in [2.05, 4.69) is 13.8 Å². The summed E-state index contributed by atoms with van der Waals surface area (Å²) in [7, 11) is 1.88. The third-order valence-corrected chi connectivity index (χ3v) is 4.52. The number of aliphatic hydroxyl groups excluding tert-OH is 1. The second-order valence-corrected chi connectivity index (χ2v) is 5.42. The monoisotopic (exact) mass is 272 g/mol. The molecular formula is C12H20N2O3S. The van der Waals surface area contributed by atoms with Crippen molar-refractivity contribution in [2.45, 2.75) is 45.8 Å². The van der Waals surface area contributed by atoms with Crippen LogP contribution in [0.2, 0.25) is 0 Å². The van der Waals surface area contributed by atoms with Crippen LogP contribution < -0.4 is 4.90 Å². The number of thiophene rings is 1. The summed E-state index contributed by atoms with van der Waals surface area (Å²) in [6.07, 6.45) is 1.20. The Morgan fingerprint density at radius 3 is 2.44 bits per heavy atom. The van der Waals surface area contributed by atoms with Gasteiger partial charge in [0.2, 0.25) is 0 Å². The molecule has 5 nitrogen and oxygen atoms in total. The molecular weight excluding hydrogens is 252 g/mol. The fourth-order valence-corrected chi connectivity index (χ4v) is 3.08. The van der Waals surface area contributed by atoms with Crippen molar-refractivity contribution in [3.63, 3.8) is 0 Å². The molecule has 18 heavy (non-hydrogen) atoms. The maximum Gasteiger partial charge on any atom is 0.304 e. The van der Waals surface area contributed by atoms with Gasteiger partial charge in [0.1, 0.15) is 0 Å². The van der Waals surface area contributed by atoms with E-state index >= 15 is 0 Å². The zero-order valence-corrected chi connectivity index (χ0v) is 12.0. The summed E-state index contributed by atoms with van der Waals surface area (Å²) < 4.78 is 0. The van der Waals surface area contributed by atoms with Gasteiger partial charge >= 0.3 is 5.69 Å². The van der Waals surface area contributed by atoms with Gasteiger partial charge in [-0.2, -0.15) is 0 Å². The largest absolute Gasteiger partial charge is 0.388 e. The lowest BCUT2D eigenvalue weighted by Crippen LogP contribution is -2.29. The molecule has 0 radical (unpaired) electrons. The van der Waals surface area contributed by atoms with Crippen molar-refractivity contribution in [1.82, 2.24) is 0 Å². The Kier molecular flexibility index (Phi) is 5.10.